The first-order chi connectivity index (χ1) is 17.4. The second-order valence-corrected chi connectivity index (χ2v) is 9.87. The number of nitrogens with one attached hydrogen (secondary N) is 1. The zero-order valence-corrected chi connectivity index (χ0v) is 21.2. The van der Waals surface area contributed by atoms with Crippen LogP contribution in [0.25, 0.3) is 22.7 Å². The van der Waals surface area contributed by atoms with Gasteiger partial charge in [-0.1, -0.05) is 59.8 Å². The van der Waals surface area contributed by atoms with Crippen molar-refractivity contribution < 1.29 is 14.3 Å². The van der Waals surface area contributed by atoms with Gasteiger partial charge in [0.2, 0.25) is 0 Å². The number of rotatable bonds is 6. The lowest BCUT2D eigenvalue weighted by molar-refractivity contribution is -0.115. The van der Waals surface area contributed by atoms with Crippen molar-refractivity contribution in [1.29, 1.82) is 0 Å². The fourth-order valence-electron chi connectivity index (χ4n) is 3.76. The maximum atomic E-state index is 13.4. The summed E-state index contributed by atoms with van der Waals surface area (Å²) >= 11 is 12.4. The number of ether oxygens (including phenoxy) is 2. The van der Waals surface area contributed by atoms with Crippen molar-refractivity contribution in [3.8, 4) is 17.2 Å². The van der Waals surface area contributed by atoms with Crippen molar-refractivity contribution in [3.05, 3.63) is 98.4 Å². The summed E-state index contributed by atoms with van der Waals surface area (Å²) in [5, 5.41) is 3.58. The molecule has 1 saturated heterocycles. The van der Waals surface area contributed by atoms with E-state index in [1.54, 1.807) is 66.7 Å². The molecule has 2 heterocycles. The topological polar surface area (TPSA) is 82.5 Å². The van der Waals surface area contributed by atoms with Gasteiger partial charge in [-0.15, -0.1) is 0 Å². The normalized spacial score (nSPS) is 14.3. The molecule has 1 fully saturated rings. The van der Waals surface area contributed by atoms with E-state index < -0.39 is 0 Å². The standard InChI is InChI=1S/C26H18ClN3O4S2/c1-33-21-11-15(12-22-24(31)29-26(35)36-22)9-10-20(21)34-14-23-28-19-8-3-2-7-18(19)25(32)30(23)17-6-4-5-16(27)13-17/h2-13H,14H2,1H3,(H,29,31,35). The van der Waals surface area contributed by atoms with Gasteiger partial charge in [-0.2, -0.15) is 0 Å². The van der Waals surface area contributed by atoms with Crippen molar-refractivity contribution in [2.45, 2.75) is 6.61 Å². The summed E-state index contributed by atoms with van der Waals surface area (Å²) < 4.78 is 13.5. The summed E-state index contributed by atoms with van der Waals surface area (Å²) in [6.07, 6.45) is 1.73. The van der Waals surface area contributed by atoms with Gasteiger partial charge < -0.3 is 14.8 Å². The van der Waals surface area contributed by atoms with Crippen LogP contribution in [0.15, 0.2) is 76.4 Å². The van der Waals surface area contributed by atoms with Crippen molar-refractivity contribution in [2.24, 2.45) is 0 Å². The average molecular weight is 536 g/mol. The maximum absolute atomic E-state index is 13.4. The van der Waals surface area contributed by atoms with Gasteiger partial charge in [-0.25, -0.2) is 4.98 Å². The van der Waals surface area contributed by atoms with Crippen LogP contribution in [0, 0.1) is 0 Å². The van der Waals surface area contributed by atoms with E-state index in [4.69, 9.17) is 38.3 Å². The molecular formula is C26H18ClN3O4S2. The number of hydrogen-bond donors (Lipinski definition) is 1. The number of carbonyl (C=O) groups is 1. The van der Waals surface area contributed by atoms with Crippen LogP contribution in [0.2, 0.25) is 5.02 Å². The van der Waals surface area contributed by atoms with Crippen LogP contribution in [0.1, 0.15) is 11.4 Å². The van der Waals surface area contributed by atoms with Gasteiger partial charge in [-0.3, -0.25) is 14.2 Å². The number of halogens is 1. The summed E-state index contributed by atoms with van der Waals surface area (Å²) in [4.78, 5) is 30.6. The minimum absolute atomic E-state index is 0.00406. The van der Waals surface area contributed by atoms with E-state index in [2.05, 4.69) is 5.32 Å². The molecule has 0 bridgehead atoms. The van der Waals surface area contributed by atoms with Crippen molar-refractivity contribution in [2.75, 3.05) is 7.11 Å². The molecule has 3 aromatic carbocycles. The van der Waals surface area contributed by atoms with Gasteiger partial charge in [0.1, 0.15) is 10.9 Å². The summed E-state index contributed by atoms with van der Waals surface area (Å²) in [7, 11) is 1.53. The van der Waals surface area contributed by atoms with Gasteiger partial charge in [0, 0.05) is 5.02 Å². The molecule has 1 aromatic heterocycles. The number of carbonyl (C=O) groups excluding carboxylic acids is 1. The molecule has 180 valence electrons. The first-order valence-electron chi connectivity index (χ1n) is 10.8. The highest BCUT2D eigenvalue weighted by molar-refractivity contribution is 8.26. The summed E-state index contributed by atoms with van der Waals surface area (Å²) in [5.41, 5.74) is 1.68. The maximum Gasteiger partial charge on any atom is 0.266 e. The van der Waals surface area contributed by atoms with E-state index in [1.807, 2.05) is 6.07 Å². The fourth-order valence-corrected chi connectivity index (χ4v) is 4.99. The fraction of sp³-hybridized carbons (Fsp3) is 0.0769. The van der Waals surface area contributed by atoms with E-state index >= 15 is 0 Å². The van der Waals surface area contributed by atoms with Crippen LogP contribution in [-0.2, 0) is 11.4 Å². The van der Waals surface area contributed by atoms with E-state index in [0.29, 0.717) is 48.2 Å². The van der Waals surface area contributed by atoms with E-state index in [1.165, 1.54) is 23.4 Å². The highest BCUT2D eigenvalue weighted by Crippen LogP contribution is 2.32. The molecule has 0 saturated carbocycles. The van der Waals surface area contributed by atoms with Crippen LogP contribution in [0.5, 0.6) is 11.5 Å². The first-order valence-corrected chi connectivity index (χ1v) is 12.4. The van der Waals surface area contributed by atoms with Gasteiger partial charge >= 0.3 is 0 Å². The third-order valence-corrected chi connectivity index (χ3v) is 6.79. The Hall–Kier alpha value is -3.66. The molecule has 36 heavy (non-hydrogen) atoms. The lowest BCUT2D eigenvalue weighted by Crippen LogP contribution is -2.25. The van der Waals surface area contributed by atoms with Gasteiger partial charge in [0.25, 0.3) is 11.5 Å². The Morgan fingerprint density at radius 3 is 2.67 bits per heavy atom. The Morgan fingerprint density at radius 2 is 1.92 bits per heavy atom. The largest absolute Gasteiger partial charge is 0.493 e. The SMILES string of the molecule is COc1cc(C=C2SC(=S)NC2=O)ccc1OCc1nc2ccccc2c(=O)n1-c1cccc(Cl)c1. The Bertz CT molecular complexity index is 1620. The predicted molar refractivity (Wildman–Crippen MR) is 146 cm³/mol. The molecule has 1 aliphatic heterocycles. The van der Waals surface area contributed by atoms with E-state index in [-0.39, 0.29) is 18.1 Å². The van der Waals surface area contributed by atoms with Gasteiger partial charge in [-0.05, 0) is 54.1 Å². The molecular weight excluding hydrogens is 518 g/mol. The second-order valence-electron chi connectivity index (χ2n) is 7.72. The van der Waals surface area contributed by atoms with Gasteiger partial charge in [0.15, 0.2) is 17.3 Å². The molecule has 0 unspecified atom stereocenters. The number of para-hydroxylation sites is 1. The number of benzene rings is 3. The quantitative estimate of drug-likeness (QED) is 0.271. The molecule has 1 N–H and O–H groups in total. The number of amides is 1. The lowest BCUT2D eigenvalue weighted by atomic mass is 10.2. The number of thiocarbonyl (C=S) groups is 1. The zero-order valence-electron chi connectivity index (χ0n) is 18.9. The molecule has 0 aliphatic carbocycles. The molecule has 1 aliphatic rings. The van der Waals surface area contributed by atoms with Crippen LogP contribution in [-0.4, -0.2) is 26.9 Å². The molecule has 0 atom stereocenters. The second kappa shape index (κ2) is 10.1. The minimum atomic E-state index is -0.231. The molecule has 4 aromatic rings. The van der Waals surface area contributed by atoms with Crippen LogP contribution < -0.4 is 20.3 Å². The smallest absolute Gasteiger partial charge is 0.266 e. The van der Waals surface area contributed by atoms with Crippen molar-refractivity contribution in [3.63, 3.8) is 0 Å². The summed E-state index contributed by atoms with van der Waals surface area (Å²) in [6.45, 7) is -0.00406. The van der Waals surface area contributed by atoms with Crippen molar-refractivity contribution in [1.82, 2.24) is 14.9 Å². The molecule has 1 amide bonds. The van der Waals surface area contributed by atoms with Crippen LogP contribution in [0.4, 0.5) is 0 Å². The van der Waals surface area contributed by atoms with E-state index in [0.717, 1.165) is 5.56 Å². The third kappa shape index (κ3) is 4.86. The molecule has 10 heteroatoms. The van der Waals surface area contributed by atoms with Crippen LogP contribution >= 0.6 is 35.6 Å². The van der Waals surface area contributed by atoms with Crippen LogP contribution in [0.3, 0.4) is 0 Å². The van der Waals surface area contributed by atoms with Gasteiger partial charge in [0.05, 0.1) is 28.6 Å². The number of fused-ring (bicyclic) bond motifs is 1. The number of thioether (sulfide) groups is 1. The molecule has 7 nitrogen and oxygen atoms in total. The minimum Gasteiger partial charge on any atom is -0.493 e. The monoisotopic (exact) mass is 535 g/mol. The predicted octanol–water partition coefficient (Wildman–Crippen LogP) is 5.12. The number of nitrogens with zero attached hydrogens (tertiary/aromatic N) is 2. The Labute approximate surface area is 220 Å². The Balaban J connectivity index is 1.50. The average Bonchev–Trinajstić information content (AvgIpc) is 3.19. The summed E-state index contributed by atoms with van der Waals surface area (Å²) in [6, 6.07) is 19.5. The number of methoxy groups -OCH3 is 1. The zero-order chi connectivity index (χ0) is 25.2. The third-order valence-electron chi connectivity index (χ3n) is 5.40. The number of hydrogen-bond acceptors (Lipinski definition) is 7. The number of aromatic nitrogens is 2. The first kappa shape index (κ1) is 24.1. The van der Waals surface area contributed by atoms with Crippen molar-refractivity contribution >= 4 is 62.8 Å². The van der Waals surface area contributed by atoms with E-state index in [9.17, 15) is 9.59 Å². The Kier molecular flexibility index (Phi) is 6.77. The lowest BCUT2D eigenvalue weighted by Gasteiger charge is -2.16. The molecule has 0 radical (unpaired) electrons. The highest BCUT2D eigenvalue weighted by Gasteiger charge is 2.22. The summed E-state index contributed by atoms with van der Waals surface area (Å²) in [5.74, 6) is 1.10. The molecule has 0 spiro atoms. The highest BCUT2D eigenvalue weighted by atomic mass is 35.5. The Morgan fingerprint density at radius 1 is 1.08 bits per heavy atom. The molecule has 5 rings (SSSR count).